The normalized spacial score (nSPS) is 30.3. The first-order chi connectivity index (χ1) is 13.9. The van der Waals surface area contributed by atoms with Crippen LogP contribution in [0.3, 0.4) is 0 Å². The van der Waals surface area contributed by atoms with Crippen LogP contribution in [0.2, 0.25) is 0 Å². The molecular weight excluding hydrogens is 372 g/mol. The third kappa shape index (κ3) is 4.01. The third-order valence-electron chi connectivity index (χ3n) is 6.26. The lowest BCUT2D eigenvalue weighted by Gasteiger charge is -2.17. The Labute approximate surface area is 170 Å². The number of fused-ring (bicyclic) bond motifs is 1. The first kappa shape index (κ1) is 19.9. The second-order valence-corrected chi connectivity index (χ2v) is 8.78. The molecule has 9 heteroatoms. The fourth-order valence-electron chi connectivity index (χ4n) is 4.89. The van der Waals surface area contributed by atoms with Gasteiger partial charge in [0, 0.05) is 50.2 Å². The highest BCUT2D eigenvalue weighted by Crippen LogP contribution is 2.62. The lowest BCUT2D eigenvalue weighted by Crippen LogP contribution is -2.36. The van der Waals surface area contributed by atoms with Crippen molar-refractivity contribution in [1.82, 2.24) is 20.5 Å². The summed E-state index contributed by atoms with van der Waals surface area (Å²) in [5, 5.41) is 19.3. The molecular formula is C20H30N6O3. The number of H-pyrrole nitrogens is 1. The molecule has 1 unspecified atom stereocenters. The van der Waals surface area contributed by atoms with E-state index in [4.69, 9.17) is 4.74 Å². The Bertz CT molecular complexity index is 807. The number of aromatic nitrogens is 2. The molecule has 2 saturated carbocycles. The van der Waals surface area contributed by atoms with E-state index < -0.39 is 0 Å². The first-order valence-corrected chi connectivity index (χ1v) is 10.3. The summed E-state index contributed by atoms with van der Waals surface area (Å²) in [7, 11) is 3.41. The molecule has 1 aromatic rings. The van der Waals surface area contributed by atoms with E-state index in [2.05, 4.69) is 25.9 Å². The number of ether oxygens (including phenoxy) is 1. The molecule has 5 atom stereocenters. The van der Waals surface area contributed by atoms with Crippen LogP contribution in [0.1, 0.15) is 44.7 Å². The van der Waals surface area contributed by atoms with Gasteiger partial charge in [-0.05, 0) is 38.5 Å². The molecule has 2 amide bonds. The third-order valence-corrected chi connectivity index (χ3v) is 6.26. The van der Waals surface area contributed by atoms with Crippen molar-refractivity contribution in [2.24, 2.45) is 22.9 Å². The van der Waals surface area contributed by atoms with Crippen molar-refractivity contribution in [3.63, 3.8) is 0 Å². The number of aromatic amines is 1. The number of nitrogens with zero attached hydrogens (tertiary/aromatic N) is 3. The predicted molar refractivity (Wildman–Crippen MR) is 108 cm³/mol. The lowest BCUT2D eigenvalue weighted by atomic mass is 9.96. The van der Waals surface area contributed by atoms with Crippen LogP contribution in [-0.2, 0) is 14.3 Å². The van der Waals surface area contributed by atoms with Crippen LogP contribution in [0.15, 0.2) is 11.2 Å². The van der Waals surface area contributed by atoms with E-state index in [1.54, 1.807) is 19.2 Å². The summed E-state index contributed by atoms with van der Waals surface area (Å²) in [6.07, 6.45) is 2.55. The van der Waals surface area contributed by atoms with Crippen LogP contribution in [0.25, 0.3) is 0 Å². The van der Waals surface area contributed by atoms with Gasteiger partial charge in [0.25, 0.3) is 0 Å². The molecule has 0 spiro atoms. The zero-order valence-electron chi connectivity index (χ0n) is 17.4. The fourth-order valence-corrected chi connectivity index (χ4v) is 4.89. The molecule has 29 heavy (non-hydrogen) atoms. The molecule has 9 nitrogen and oxygen atoms in total. The topological polar surface area (TPSA) is 112 Å². The molecule has 1 aromatic heterocycles. The van der Waals surface area contributed by atoms with Gasteiger partial charge in [-0.25, -0.2) is 0 Å². The number of carbonyl (C=O) groups excluding carboxylic acids is 2. The summed E-state index contributed by atoms with van der Waals surface area (Å²) >= 11 is 0. The van der Waals surface area contributed by atoms with Crippen molar-refractivity contribution in [2.45, 2.75) is 51.1 Å². The average molecular weight is 402 g/mol. The van der Waals surface area contributed by atoms with E-state index >= 15 is 0 Å². The molecule has 2 fully saturated rings. The number of anilines is 1. The van der Waals surface area contributed by atoms with Gasteiger partial charge in [0.15, 0.2) is 5.82 Å². The van der Waals surface area contributed by atoms with E-state index in [1.165, 1.54) is 0 Å². The Morgan fingerprint density at radius 1 is 1.31 bits per heavy atom. The van der Waals surface area contributed by atoms with Crippen LogP contribution in [-0.4, -0.2) is 65.6 Å². The quantitative estimate of drug-likeness (QED) is 0.637. The van der Waals surface area contributed by atoms with Gasteiger partial charge in [0.2, 0.25) is 11.8 Å². The molecule has 0 aromatic carbocycles. The summed E-state index contributed by atoms with van der Waals surface area (Å²) in [5.74, 6) is 2.11. The van der Waals surface area contributed by atoms with E-state index in [1.807, 2.05) is 19.9 Å². The number of hydrogen-bond acceptors (Lipinski definition) is 6. The molecule has 158 valence electrons. The molecule has 2 heterocycles. The van der Waals surface area contributed by atoms with Crippen LogP contribution in [0.5, 0.6) is 0 Å². The molecule has 3 aliphatic rings. The van der Waals surface area contributed by atoms with Crippen molar-refractivity contribution >= 4 is 23.3 Å². The second-order valence-electron chi connectivity index (χ2n) is 8.78. The summed E-state index contributed by atoms with van der Waals surface area (Å²) in [4.78, 5) is 24.8. The van der Waals surface area contributed by atoms with Crippen molar-refractivity contribution in [2.75, 3.05) is 26.1 Å². The number of amides is 2. The average Bonchev–Trinajstić information content (AvgIpc) is 3.05. The highest BCUT2D eigenvalue weighted by atomic mass is 16.5. The fraction of sp³-hybridized carbons (Fsp3) is 0.700. The van der Waals surface area contributed by atoms with Gasteiger partial charge >= 0.3 is 0 Å². The number of rotatable bonds is 7. The van der Waals surface area contributed by atoms with E-state index in [0.717, 1.165) is 24.2 Å². The van der Waals surface area contributed by atoms with Crippen molar-refractivity contribution in [3.05, 3.63) is 11.8 Å². The summed E-state index contributed by atoms with van der Waals surface area (Å²) < 4.78 is 5.10. The minimum atomic E-state index is -0.348. The molecule has 0 bridgehead atoms. The van der Waals surface area contributed by atoms with Crippen molar-refractivity contribution in [3.8, 4) is 0 Å². The maximum Gasteiger partial charge on any atom is 0.250 e. The maximum atomic E-state index is 12.6. The van der Waals surface area contributed by atoms with Crippen molar-refractivity contribution in [1.29, 1.82) is 0 Å². The Balaban J connectivity index is 1.28. The lowest BCUT2D eigenvalue weighted by molar-refractivity contribution is -0.123. The Hall–Kier alpha value is -2.42. The Kier molecular flexibility index (Phi) is 5.33. The molecule has 2 aliphatic carbocycles. The van der Waals surface area contributed by atoms with E-state index in [9.17, 15) is 9.59 Å². The van der Waals surface area contributed by atoms with E-state index in [0.29, 0.717) is 36.6 Å². The van der Waals surface area contributed by atoms with E-state index in [-0.39, 0.29) is 29.8 Å². The van der Waals surface area contributed by atoms with Gasteiger partial charge < -0.3 is 15.4 Å². The zero-order chi connectivity index (χ0) is 20.7. The number of hydrogen-bond donors (Lipinski definition) is 3. The maximum absolute atomic E-state index is 12.6. The highest BCUT2D eigenvalue weighted by Gasteiger charge is 2.59. The Morgan fingerprint density at radius 3 is 2.69 bits per heavy atom. The van der Waals surface area contributed by atoms with Crippen LogP contribution in [0, 0.1) is 17.8 Å². The van der Waals surface area contributed by atoms with Gasteiger partial charge in [0.1, 0.15) is 6.04 Å². The van der Waals surface area contributed by atoms with Gasteiger partial charge in [-0.1, -0.05) is 0 Å². The minimum Gasteiger partial charge on any atom is -0.379 e. The summed E-state index contributed by atoms with van der Waals surface area (Å²) in [6.45, 7) is 4.42. The SMILES string of the molecule is COCC1=NN(C)C(C(=O)Nc2cc([C@H]3C[C@@H]4[C@H](C3)[C@H]4C(=O)NC(C)C)[nH]n2)C1. The number of carbonyl (C=O) groups is 2. The van der Waals surface area contributed by atoms with Crippen molar-refractivity contribution < 1.29 is 14.3 Å². The molecule has 0 saturated heterocycles. The first-order valence-electron chi connectivity index (χ1n) is 10.3. The molecule has 3 N–H and O–H groups in total. The number of hydrazone groups is 1. The van der Waals surface area contributed by atoms with Crippen LogP contribution in [0.4, 0.5) is 5.82 Å². The van der Waals surface area contributed by atoms with Gasteiger partial charge in [-0.2, -0.15) is 10.2 Å². The predicted octanol–water partition coefficient (Wildman–Crippen LogP) is 1.32. The monoisotopic (exact) mass is 402 g/mol. The minimum absolute atomic E-state index is 0.125. The standard InChI is InChI=1S/C20H30N6O3/c1-10(2)21-20(28)18-13-5-11(6-14(13)18)15-8-17(24-23-15)22-19(27)16-7-12(9-29-4)25-26(16)3/h8,10-11,13-14,16,18H,5-7,9H2,1-4H3,(H,21,28)(H2,22,23,24,27)/t11-,13+,14-,16?,18-. The van der Waals surface area contributed by atoms with Gasteiger partial charge in [-0.15, -0.1) is 0 Å². The van der Waals surface area contributed by atoms with Gasteiger partial charge in [0.05, 0.1) is 12.3 Å². The largest absolute Gasteiger partial charge is 0.379 e. The van der Waals surface area contributed by atoms with Crippen LogP contribution >= 0.6 is 0 Å². The number of methoxy groups -OCH3 is 1. The van der Waals surface area contributed by atoms with Gasteiger partial charge in [-0.3, -0.25) is 19.7 Å². The summed E-state index contributed by atoms with van der Waals surface area (Å²) in [5.41, 5.74) is 1.89. The Morgan fingerprint density at radius 2 is 2.03 bits per heavy atom. The highest BCUT2D eigenvalue weighted by molar-refractivity contribution is 6.00. The van der Waals surface area contributed by atoms with Crippen LogP contribution < -0.4 is 10.6 Å². The number of likely N-dealkylation sites (N-methyl/N-ethyl adjacent to an activating group) is 1. The number of nitrogens with one attached hydrogen (secondary N) is 3. The zero-order valence-corrected chi connectivity index (χ0v) is 17.4. The molecule has 1 aliphatic heterocycles. The summed E-state index contributed by atoms with van der Waals surface area (Å²) in [6, 6.07) is 1.76. The molecule has 0 radical (unpaired) electrons. The second kappa shape index (κ2) is 7.78. The molecule has 4 rings (SSSR count). The smallest absolute Gasteiger partial charge is 0.250 e.